The molecule has 1 amide bonds. The minimum Gasteiger partial charge on any atom is -0.349 e. The van der Waals surface area contributed by atoms with Gasteiger partial charge in [0.2, 0.25) is 5.91 Å². The fourth-order valence-electron chi connectivity index (χ4n) is 1.77. The van der Waals surface area contributed by atoms with E-state index in [4.69, 9.17) is 5.73 Å². The lowest BCUT2D eigenvalue weighted by molar-refractivity contribution is -0.123. The second kappa shape index (κ2) is 6.39. The number of amides is 1. The van der Waals surface area contributed by atoms with Gasteiger partial charge in [0.25, 0.3) is 0 Å². The molecule has 0 atom stereocenters. The summed E-state index contributed by atoms with van der Waals surface area (Å²) in [6.45, 7) is 5.23. The maximum Gasteiger partial charge on any atom is 0.222 e. The van der Waals surface area contributed by atoms with E-state index < -0.39 is 0 Å². The quantitative estimate of drug-likeness (QED) is 0.741. The van der Waals surface area contributed by atoms with Crippen LogP contribution in [0.4, 0.5) is 0 Å². The number of hydrogen-bond acceptors (Lipinski definition) is 3. The van der Waals surface area contributed by atoms with Crippen molar-refractivity contribution in [2.75, 3.05) is 6.54 Å². The van der Waals surface area contributed by atoms with Crippen molar-refractivity contribution < 1.29 is 4.79 Å². The smallest absolute Gasteiger partial charge is 0.222 e. The average Bonchev–Trinajstić information content (AvgIpc) is 2.87. The number of carbonyl (C=O) groups excluding carboxylic acids is 1. The Balaban J connectivity index is 2.42. The number of aryl methyl sites for hydroxylation is 1. The highest BCUT2D eigenvalue weighted by Gasteiger charge is 2.25. The summed E-state index contributed by atoms with van der Waals surface area (Å²) in [5.74, 6) is 0.0489. The normalized spacial score (nSPS) is 11.5. The molecule has 0 fully saturated rings. The van der Waals surface area contributed by atoms with Gasteiger partial charge in [0.1, 0.15) is 0 Å². The molecule has 1 heterocycles. The highest BCUT2D eigenvalue weighted by molar-refractivity contribution is 5.76. The summed E-state index contributed by atoms with van der Waals surface area (Å²) in [6.07, 6.45) is 7.44. The molecular formula is C12H22N4O. The first kappa shape index (κ1) is 13.7. The van der Waals surface area contributed by atoms with E-state index in [2.05, 4.69) is 10.3 Å². The van der Waals surface area contributed by atoms with Crippen LogP contribution < -0.4 is 11.1 Å². The Morgan fingerprint density at radius 2 is 2.18 bits per heavy atom. The summed E-state index contributed by atoms with van der Waals surface area (Å²) in [5.41, 5.74) is 5.49. The second-order valence-corrected chi connectivity index (χ2v) is 4.29. The number of imidazole rings is 1. The molecule has 5 nitrogen and oxygen atoms in total. The maximum atomic E-state index is 11.8. The van der Waals surface area contributed by atoms with E-state index in [1.165, 1.54) is 0 Å². The Morgan fingerprint density at radius 3 is 2.65 bits per heavy atom. The van der Waals surface area contributed by atoms with Crippen molar-refractivity contribution in [2.45, 2.75) is 45.2 Å². The molecule has 0 saturated heterocycles. The predicted molar refractivity (Wildman–Crippen MR) is 67.4 cm³/mol. The van der Waals surface area contributed by atoms with Crippen molar-refractivity contribution >= 4 is 5.91 Å². The highest BCUT2D eigenvalue weighted by Crippen LogP contribution is 2.13. The molecule has 17 heavy (non-hydrogen) atoms. The molecule has 0 aliphatic heterocycles. The van der Waals surface area contributed by atoms with E-state index in [0.717, 1.165) is 12.8 Å². The Morgan fingerprint density at radius 1 is 1.47 bits per heavy atom. The minimum atomic E-state index is -0.244. The largest absolute Gasteiger partial charge is 0.349 e. The first-order chi connectivity index (χ1) is 8.15. The predicted octanol–water partition coefficient (Wildman–Crippen LogP) is 0.907. The van der Waals surface area contributed by atoms with Crippen molar-refractivity contribution in [3.63, 3.8) is 0 Å². The Kier molecular flexibility index (Phi) is 5.15. The number of nitrogens with two attached hydrogens (primary N) is 1. The Bertz CT molecular complexity index is 322. The van der Waals surface area contributed by atoms with Crippen LogP contribution in [0.2, 0.25) is 0 Å². The lowest BCUT2D eigenvalue weighted by Gasteiger charge is -2.31. The fourth-order valence-corrected chi connectivity index (χ4v) is 1.77. The molecule has 0 unspecified atom stereocenters. The molecule has 0 aliphatic rings. The lowest BCUT2D eigenvalue weighted by Crippen LogP contribution is -2.53. The van der Waals surface area contributed by atoms with Crippen LogP contribution in [0.1, 0.15) is 33.1 Å². The van der Waals surface area contributed by atoms with Gasteiger partial charge in [-0.25, -0.2) is 4.98 Å². The van der Waals surface area contributed by atoms with Crippen molar-refractivity contribution in [1.29, 1.82) is 0 Å². The van der Waals surface area contributed by atoms with Crippen molar-refractivity contribution in [3.8, 4) is 0 Å². The summed E-state index contributed by atoms with van der Waals surface area (Å²) in [6, 6.07) is 0. The van der Waals surface area contributed by atoms with Crippen LogP contribution in [0, 0.1) is 0 Å². The molecule has 1 rings (SSSR count). The molecule has 3 N–H and O–H groups in total. The summed E-state index contributed by atoms with van der Waals surface area (Å²) in [7, 11) is 0. The van der Waals surface area contributed by atoms with Gasteiger partial charge in [-0.15, -0.1) is 0 Å². The first-order valence-corrected chi connectivity index (χ1v) is 6.12. The molecule has 0 aromatic carbocycles. The van der Waals surface area contributed by atoms with E-state index in [1.54, 1.807) is 12.5 Å². The number of nitrogens with one attached hydrogen (secondary N) is 1. The topological polar surface area (TPSA) is 72.9 Å². The number of hydrogen-bond donors (Lipinski definition) is 2. The molecule has 0 saturated carbocycles. The minimum absolute atomic E-state index is 0.0489. The third-order valence-electron chi connectivity index (χ3n) is 3.31. The van der Waals surface area contributed by atoms with E-state index in [9.17, 15) is 4.79 Å². The van der Waals surface area contributed by atoms with Gasteiger partial charge in [0, 0.05) is 31.9 Å². The zero-order valence-corrected chi connectivity index (χ0v) is 10.6. The standard InChI is InChI=1S/C12H22N4O/c1-3-12(4-2,9-13)15-11(17)5-7-16-8-6-14-10-16/h6,8,10H,3-5,7,9,13H2,1-2H3,(H,15,17). The molecular weight excluding hydrogens is 216 g/mol. The number of carbonyl (C=O) groups is 1. The van der Waals surface area contributed by atoms with Crippen LogP contribution >= 0.6 is 0 Å². The van der Waals surface area contributed by atoms with Crippen LogP contribution in [-0.2, 0) is 11.3 Å². The molecule has 0 aliphatic carbocycles. The maximum absolute atomic E-state index is 11.8. The van der Waals surface area contributed by atoms with E-state index in [1.807, 2.05) is 24.6 Å². The van der Waals surface area contributed by atoms with E-state index in [0.29, 0.717) is 19.5 Å². The zero-order chi connectivity index (χ0) is 12.7. The SMILES string of the molecule is CCC(CC)(CN)NC(=O)CCn1ccnc1. The zero-order valence-electron chi connectivity index (χ0n) is 10.6. The van der Waals surface area contributed by atoms with Crippen LogP contribution in [0.25, 0.3) is 0 Å². The second-order valence-electron chi connectivity index (χ2n) is 4.29. The monoisotopic (exact) mass is 238 g/mol. The molecule has 0 bridgehead atoms. The van der Waals surface area contributed by atoms with Crippen LogP contribution in [0.3, 0.4) is 0 Å². The van der Waals surface area contributed by atoms with Crippen molar-refractivity contribution in [1.82, 2.24) is 14.9 Å². The summed E-state index contributed by atoms with van der Waals surface area (Å²) < 4.78 is 1.89. The van der Waals surface area contributed by atoms with E-state index in [-0.39, 0.29) is 11.4 Å². The summed E-state index contributed by atoms with van der Waals surface area (Å²) >= 11 is 0. The van der Waals surface area contributed by atoms with Crippen molar-refractivity contribution in [2.24, 2.45) is 5.73 Å². The average molecular weight is 238 g/mol. The lowest BCUT2D eigenvalue weighted by atomic mass is 9.93. The fraction of sp³-hybridized carbons (Fsp3) is 0.667. The van der Waals surface area contributed by atoms with Gasteiger partial charge in [0.15, 0.2) is 0 Å². The number of rotatable bonds is 7. The van der Waals surface area contributed by atoms with Crippen molar-refractivity contribution in [3.05, 3.63) is 18.7 Å². The molecule has 0 spiro atoms. The van der Waals surface area contributed by atoms with Gasteiger partial charge in [0.05, 0.1) is 11.9 Å². The first-order valence-electron chi connectivity index (χ1n) is 6.12. The van der Waals surface area contributed by atoms with Gasteiger partial charge in [-0.05, 0) is 12.8 Å². The Labute approximate surface area is 102 Å². The number of nitrogens with zero attached hydrogens (tertiary/aromatic N) is 2. The van der Waals surface area contributed by atoms with Crippen LogP contribution in [-0.4, -0.2) is 27.5 Å². The molecule has 0 radical (unpaired) electrons. The summed E-state index contributed by atoms with van der Waals surface area (Å²) in [5, 5.41) is 3.04. The highest BCUT2D eigenvalue weighted by atomic mass is 16.1. The molecule has 96 valence electrons. The third kappa shape index (κ3) is 3.85. The van der Waals surface area contributed by atoms with Gasteiger partial charge in [-0.1, -0.05) is 13.8 Å². The summed E-state index contributed by atoms with van der Waals surface area (Å²) in [4.78, 5) is 15.8. The van der Waals surface area contributed by atoms with Crippen LogP contribution in [0.15, 0.2) is 18.7 Å². The molecule has 1 aromatic rings. The molecule has 5 heteroatoms. The van der Waals surface area contributed by atoms with Gasteiger partial charge in [-0.3, -0.25) is 4.79 Å². The Hall–Kier alpha value is -1.36. The van der Waals surface area contributed by atoms with Gasteiger partial charge in [-0.2, -0.15) is 0 Å². The van der Waals surface area contributed by atoms with E-state index >= 15 is 0 Å². The van der Waals surface area contributed by atoms with Gasteiger partial charge < -0.3 is 15.6 Å². The van der Waals surface area contributed by atoms with Gasteiger partial charge >= 0.3 is 0 Å². The molecule has 1 aromatic heterocycles. The van der Waals surface area contributed by atoms with Crippen LogP contribution in [0.5, 0.6) is 0 Å². The third-order valence-corrected chi connectivity index (χ3v) is 3.31. The number of aromatic nitrogens is 2.